The van der Waals surface area contributed by atoms with Crippen LogP contribution in [0.5, 0.6) is 0 Å². The molecular formula is C17H19N3O2S2. The molecule has 1 aromatic carbocycles. The van der Waals surface area contributed by atoms with E-state index in [4.69, 9.17) is 4.98 Å². The summed E-state index contributed by atoms with van der Waals surface area (Å²) < 4.78 is 25.5. The molecule has 2 aromatic heterocycles. The van der Waals surface area contributed by atoms with Gasteiger partial charge in [-0.3, -0.25) is 4.72 Å². The van der Waals surface area contributed by atoms with E-state index in [-0.39, 0.29) is 0 Å². The van der Waals surface area contributed by atoms with Crippen LogP contribution in [0, 0.1) is 6.92 Å². The Balaban J connectivity index is 2.10. The second-order valence-corrected chi connectivity index (χ2v) is 8.72. The standard InChI is InChI=1S/C17H19N3O2S2/c1-10(2)15-9-23-17(19-15)14-8-6-12-5-7-13(20-24(4,21)22)11(3)16(12)18-14/h5-10,20H,1-4H3. The lowest BCUT2D eigenvalue weighted by atomic mass is 10.1. The molecule has 126 valence electrons. The third-order valence-electron chi connectivity index (χ3n) is 3.74. The minimum atomic E-state index is -3.32. The first-order valence-corrected chi connectivity index (χ1v) is 10.4. The van der Waals surface area contributed by atoms with Gasteiger partial charge in [-0.25, -0.2) is 18.4 Å². The summed E-state index contributed by atoms with van der Waals surface area (Å²) in [6, 6.07) is 7.58. The maximum Gasteiger partial charge on any atom is 0.229 e. The van der Waals surface area contributed by atoms with Gasteiger partial charge in [0.15, 0.2) is 0 Å². The van der Waals surface area contributed by atoms with E-state index in [0.717, 1.165) is 39.1 Å². The third-order valence-corrected chi connectivity index (χ3v) is 5.22. The summed E-state index contributed by atoms with van der Waals surface area (Å²) in [5.74, 6) is 0.378. The van der Waals surface area contributed by atoms with Gasteiger partial charge in [-0.2, -0.15) is 0 Å². The van der Waals surface area contributed by atoms with Gasteiger partial charge in [-0.15, -0.1) is 11.3 Å². The topological polar surface area (TPSA) is 72.0 Å². The van der Waals surface area contributed by atoms with E-state index in [1.54, 1.807) is 17.4 Å². The molecule has 1 N–H and O–H groups in total. The Kier molecular flexibility index (Phi) is 4.31. The molecule has 3 aromatic rings. The Morgan fingerprint density at radius 2 is 1.83 bits per heavy atom. The molecule has 2 heterocycles. The first-order chi connectivity index (χ1) is 11.2. The van der Waals surface area contributed by atoms with Crippen LogP contribution in [-0.2, 0) is 10.0 Å². The largest absolute Gasteiger partial charge is 0.283 e. The predicted molar refractivity (Wildman–Crippen MR) is 100 cm³/mol. The minimum Gasteiger partial charge on any atom is -0.283 e. The molecule has 5 nitrogen and oxygen atoms in total. The van der Waals surface area contributed by atoms with E-state index in [1.165, 1.54) is 0 Å². The highest BCUT2D eigenvalue weighted by Gasteiger charge is 2.12. The molecule has 0 aliphatic heterocycles. The van der Waals surface area contributed by atoms with Crippen LogP contribution >= 0.6 is 11.3 Å². The van der Waals surface area contributed by atoms with Crippen LogP contribution in [0.1, 0.15) is 31.0 Å². The van der Waals surface area contributed by atoms with Crippen LogP contribution in [0.2, 0.25) is 0 Å². The number of nitrogens with one attached hydrogen (secondary N) is 1. The normalized spacial score (nSPS) is 12.0. The summed E-state index contributed by atoms with van der Waals surface area (Å²) in [6.45, 7) is 6.09. The van der Waals surface area contributed by atoms with Crippen molar-refractivity contribution in [1.82, 2.24) is 9.97 Å². The molecule has 0 amide bonds. The smallest absolute Gasteiger partial charge is 0.229 e. The summed E-state index contributed by atoms with van der Waals surface area (Å²) in [5.41, 5.74) is 4.00. The molecule has 24 heavy (non-hydrogen) atoms. The van der Waals surface area contributed by atoms with Gasteiger partial charge >= 0.3 is 0 Å². The Morgan fingerprint density at radius 3 is 2.46 bits per heavy atom. The first-order valence-electron chi connectivity index (χ1n) is 7.58. The van der Waals surface area contributed by atoms with Crippen molar-refractivity contribution in [2.24, 2.45) is 0 Å². The Hall–Kier alpha value is -1.99. The van der Waals surface area contributed by atoms with Crippen molar-refractivity contribution < 1.29 is 8.42 Å². The second-order valence-electron chi connectivity index (χ2n) is 6.11. The lowest BCUT2D eigenvalue weighted by Crippen LogP contribution is -2.10. The number of benzene rings is 1. The van der Waals surface area contributed by atoms with Gasteiger partial charge in [0, 0.05) is 10.8 Å². The number of thiazole rings is 1. The van der Waals surface area contributed by atoms with Crippen LogP contribution in [0.25, 0.3) is 21.6 Å². The number of aromatic nitrogens is 2. The predicted octanol–water partition coefficient (Wildman–Crippen LogP) is 4.16. The van der Waals surface area contributed by atoms with Crippen molar-refractivity contribution in [2.45, 2.75) is 26.7 Å². The lowest BCUT2D eigenvalue weighted by Gasteiger charge is -2.10. The van der Waals surface area contributed by atoms with E-state index in [2.05, 4.69) is 28.9 Å². The van der Waals surface area contributed by atoms with Crippen LogP contribution in [0.3, 0.4) is 0 Å². The second kappa shape index (κ2) is 6.14. The van der Waals surface area contributed by atoms with Crippen molar-refractivity contribution in [3.05, 3.63) is 40.9 Å². The highest BCUT2D eigenvalue weighted by atomic mass is 32.2. The van der Waals surface area contributed by atoms with Crippen LogP contribution < -0.4 is 4.72 Å². The van der Waals surface area contributed by atoms with Crippen molar-refractivity contribution in [3.63, 3.8) is 0 Å². The van der Waals surface area contributed by atoms with Crippen molar-refractivity contribution in [2.75, 3.05) is 11.0 Å². The van der Waals surface area contributed by atoms with Crippen LogP contribution in [0.4, 0.5) is 5.69 Å². The number of sulfonamides is 1. The van der Waals surface area contributed by atoms with Crippen molar-refractivity contribution in [3.8, 4) is 10.7 Å². The van der Waals surface area contributed by atoms with Gasteiger partial charge in [-0.1, -0.05) is 26.0 Å². The number of hydrogen-bond donors (Lipinski definition) is 1. The number of fused-ring (bicyclic) bond motifs is 1. The van der Waals surface area contributed by atoms with E-state index in [9.17, 15) is 8.42 Å². The van der Waals surface area contributed by atoms with E-state index in [1.807, 2.05) is 25.1 Å². The van der Waals surface area contributed by atoms with Crippen molar-refractivity contribution in [1.29, 1.82) is 0 Å². The summed E-state index contributed by atoms with van der Waals surface area (Å²) in [7, 11) is -3.32. The number of anilines is 1. The molecule has 0 aliphatic carbocycles. The highest BCUT2D eigenvalue weighted by Crippen LogP contribution is 2.30. The molecule has 0 bridgehead atoms. The number of rotatable bonds is 4. The summed E-state index contributed by atoms with van der Waals surface area (Å²) in [6.07, 6.45) is 1.14. The lowest BCUT2D eigenvalue weighted by molar-refractivity contribution is 0.607. The first kappa shape index (κ1) is 16.9. The maximum absolute atomic E-state index is 11.5. The molecule has 0 saturated carbocycles. The Labute approximate surface area is 145 Å². The summed E-state index contributed by atoms with van der Waals surface area (Å²) in [4.78, 5) is 9.36. The van der Waals surface area contributed by atoms with Crippen molar-refractivity contribution >= 4 is 38.0 Å². The fourth-order valence-electron chi connectivity index (χ4n) is 2.43. The zero-order chi connectivity index (χ0) is 17.5. The molecule has 7 heteroatoms. The molecular weight excluding hydrogens is 342 g/mol. The van der Waals surface area contributed by atoms with Gasteiger partial charge < -0.3 is 0 Å². The van der Waals surface area contributed by atoms with E-state index >= 15 is 0 Å². The number of nitrogens with zero attached hydrogens (tertiary/aromatic N) is 2. The number of aryl methyl sites for hydroxylation is 1. The quantitative estimate of drug-likeness (QED) is 0.757. The molecule has 0 fully saturated rings. The monoisotopic (exact) mass is 361 g/mol. The molecule has 0 atom stereocenters. The summed E-state index contributed by atoms with van der Waals surface area (Å²) in [5, 5.41) is 3.90. The number of pyridine rings is 1. The Bertz CT molecular complexity index is 1010. The molecule has 0 radical (unpaired) electrons. The molecule has 3 rings (SSSR count). The molecule has 0 spiro atoms. The zero-order valence-electron chi connectivity index (χ0n) is 14.0. The molecule has 0 unspecified atom stereocenters. The summed E-state index contributed by atoms with van der Waals surface area (Å²) >= 11 is 1.57. The molecule has 0 saturated heterocycles. The van der Waals surface area contributed by atoms with Gasteiger partial charge in [0.1, 0.15) is 5.01 Å². The van der Waals surface area contributed by atoms with Gasteiger partial charge in [0.05, 0.1) is 28.8 Å². The fraction of sp³-hybridized carbons (Fsp3) is 0.294. The average molecular weight is 361 g/mol. The van der Waals surface area contributed by atoms with Crippen LogP contribution in [0.15, 0.2) is 29.6 Å². The maximum atomic E-state index is 11.5. The average Bonchev–Trinajstić information content (AvgIpc) is 2.99. The zero-order valence-corrected chi connectivity index (χ0v) is 15.6. The highest BCUT2D eigenvalue weighted by molar-refractivity contribution is 7.92. The van der Waals surface area contributed by atoms with Gasteiger partial charge in [-0.05, 0) is 30.5 Å². The number of hydrogen-bond acceptors (Lipinski definition) is 5. The minimum absolute atomic E-state index is 0.378. The third kappa shape index (κ3) is 3.42. The van der Waals surface area contributed by atoms with E-state index in [0.29, 0.717) is 11.6 Å². The van der Waals surface area contributed by atoms with Gasteiger partial charge in [0.2, 0.25) is 10.0 Å². The fourth-order valence-corrected chi connectivity index (χ4v) is 4.00. The molecule has 0 aliphatic rings. The van der Waals surface area contributed by atoms with Crippen LogP contribution in [-0.4, -0.2) is 24.6 Å². The van der Waals surface area contributed by atoms with E-state index < -0.39 is 10.0 Å². The SMILES string of the molecule is Cc1c(NS(C)(=O)=O)ccc2ccc(-c3nc(C(C)C)cs3)nc12. The van der Waals surface area contributed by atoms with Gasteiger partial charge in [0.25, 0.3) is 0 Å². The Morgan fingerprint density at radius 1 is 1.12 bits per heavy atom.